The highest BCUT2D eigenvalue weighted by atomic mass is 35.5. The molecule has 3 heterocycles. The molecule has 5 rings (SSSR count). The molecule has 3 saturated heterocycles. The van der Waals surface area contributed by atoms with E-state index in [-0.39, 0.29) is 37.5 Å². The fraction of sp³-hybridized carbons (Fsp3) is 0.300. The maximum Gasteiger partial charge on any atom is 0.327 e. The maximum absolute atomic E-state index is 13.6. The number of rotatable bonds is 4. The van der Waals surface area contributed by atoms with Crippen molar-refractivity contribution in [3.63, 3.8) is 0 Å². The lowest BCUT2D eigenvalue weighted by Crippen LogP contribution is -2.65. The maximum atomic E-state index is 13.6. The van der Waals surface area contributed by atoms with Crippen LogP contribution in [0.4, 0.5) is 9.59 Å². The zero-order chi connectivity index (χ0) is 20.2. The molecule has 3 aliphatic heterocycles. The van der Waals surface area contributed by atoms with Gasteiger partial charge in [-0.2, -0.15) is 0 Å². The fourth-order valence-corrected chi connectivity index (χ4v) is 5.60. The molecule has 0 bridgehead atoms. The molecule has 0 radical (unpaired) electrons. The molecule has 0 aliphatic carbocycles. The van der Waals surface area contributed by atoms with Gasteiger partial charge in [-0.15, -0.1) is 23.2 Å². The van der Waals surface area contributed by atoms with Gasteiger partial charge in [-0.1, -0.05) is 60.7 Å². The van der Waals surface area contributed by atoms with Crippen molar-refractivity contribution in [3.05, 3.63) is 71.8 Å². The minimum Gasteiger partial charge on any atom is -0.340 e. The van der Waals surface area contributed by atoms with E-state index in [0.717, 1.165) is 11.1 Å². The first-order valence-electron chi connectivity index (χ1n) is 9.15. The molecule has 3 fully saturated rings. The average molecular weight is 433 g/mol. The SMILES string of the molecule is O=C1N(CCl)C2(c3ccccc3)N(CCl)C(=O)N3COCN1C32c1ccccc1. The van der Waals surface area contributed by atoms with Gasteiger partial charge in [-0.3, -0.25) is 19.6 Å². The quantitative estimate of drug-likeness (QED) is 0.548. The first kappa shape index (κ1) is 18.5. The number of hydrogen-bond donors (Lipinski definition) is 0. The number of urea groups is 2. The van der Waals surface area contributed by atoms with Crippen LogP contribution in [0, 0.1) is 0 Å². The van der Waals surface area contributed by atoms with Crippen LogP contribution in [0.25, 0.3) is 0 Å². The van der Waals surface area contributed by atoms with E-state index in [1.54, 1.807) is 9.80 Å². The van der Waals surface area contributed by atoms with Crippen LogP contribution >= 0.6 is 23.2 Å². The molecule has 7 nitrogen and oxygen atoms in total. The van der Waals surface area contributed by atoms with E-state index >= 15 is 0 Å². The molecular formula is C20H18Cl2N4O3. The predicted molar refractivity (Wildman–Crippen MR) is 107 cm³/mol. The molecular weight excluding hydrogens is 415 g/mol. The van der Waals surface area contributed by atoms with E-state index < -0.39 is 11.3 Å². The van der Waals surface area contributed by atoms with E-state index in [1.165, 1.54) is 9.80 Å². The minimum absolute atomic E-state index is 0.0373. The fourth-order valence-electron chi connectivity index (χ4n) is 5.05. The number of amides is 4. The van der Waals surface area contributed by atoms with Crippen molar-refractivity contribution in [1.82, 2.24) is 19.6 Å². The van der Waals surface area contributed by atoms with Gasteiger partial charge in [0.1, 0.15) is 25.5 Å². The van der Waals surface area contributed by atoms with Crippen molar-refractivity contribution in [1.29, 1.82) is 0 Å². The summed E-state index contributed by atoms with van der Waals surface area (Å²) >= 11 is 12.7. The normalized spacial score (nSPS) is 28.3. The van der Waals surface area contributed by atoms with Gasteiger partial charge in [0.2, 0.25) is 0 Å². The largest absolute Gasteiger partial charge is 0.340 e. The van der Waals surface area contributed by atoms with E-state index in [0.29, 0.717) is 0 Å². The van der Waals surface area contributed by atoms with Crippen LogP contribution in [0.1, 0.15) is 11.1 Å². The third kappa shape index (κ3) is 1.98. The van der Waals surface area contributed by atoms with Crippen molar-refractivity contribution < 1.29 is 14.3 Å². The summed E-state index contributed by atoms with van der Waals surface area (Å²) in [5.41, 5.74) is -0.893. The highest BCUT2D eigenvalue weighted by Gasteiger charge is 2.80. The highest BCUT2D eigenvalue weighted by Crippen LogP contribution is 2.63. The highest BCUT2D eigenvalue weighted by molar-refractivity contribution is 6.19. The van der Waals surface area contributed by atoms with Crippen LogP contribution in [0.15, 0.2) is 60.7 Å². The molecule has 150 valence electrons. The van der Waals surface area contributed by atoms with Crippen LogP contribution < -0.4 is 0 Å². The van der Waals surface area contributed by atoms with Crippen LogP contribution in [-0.4, -0.2) is 57.1 Å². The molecule has 0 unspecified atom stereocenters. The zero-order valence-corrected chi connectivity index (χ0v) is 16.9. The lowest BCUT2D eigenvalue weighted by Gasteiger charge is -2.51. The smallest absolute Gasteiger partial charge is 0.327 e. The molecule has 29 heavy (non-hydrogen) atoms. The third-order valence-corrected chi connectivity index (χ3v) is 6.48. The van der Waals surface area contributed by atoms with E-state index in [1.807, 2.05) is 60.7 Å². The molecule has 3 aliphatic rings. The van der Waals surface area contributed by atoms with Gasteiger partial charge >= 0.3 is 12.1 Å². The number of nitrogens with zero attached hydrogens (tertiary/aromatic N) is 4. The molecule has 2 aromatic rings. The van der Waals surface area contributed by atoms with Gasteiger partial charge in [-0.25, -0.2) is 9.59 Å². The number of carbonyl (C=O) groups is 2. The summed E-state index contributed by atoms with van der Waals surface area (Å²) in [6.07, 6.45) is 0. The second-order valence-electron chi connectivity index (χ2n) is 7.06. The molecule has 0 spiro atoms. The first-order valence-corrected chi connectivity index (χ1v) is 10.2. The van der Waals surface area contributed by atoms with Gasteiger partial charge in [0.15, 0.2) is 11.3 Å². The monoisotopic (exact) mass is 432 g/mol. The minimum atomic E-state index is -1.25. The molecule has 4 amide bonds. The second-order valence-corrected chi connectivity index (χ2v) is 7.53. The van der Waals surface area contributed by atoms with Crippen molar-refractivity contribution >= 4 is 35.3 Å². The topological polar surface area (TPSA) is 56.3 Å². The lowest BCUT2D eigenvalue weighted by molar-refractivity contribution is -0.177. The summed E-state index contributed by atoms with van der Waals surface area (Å²) in [5, 5.41) is 0. The number of benzene rings is 2. The Morgan fingerprint density at radius 3 is 1.55 bits per heavy atom. The van der Waals surface area contributed by atoms with Gasteiger partial charge in [0.05, 0.1) is 0 Å². The Morgan fingerprint density at radius 2 is 1.14 bits per heavy atom. The van der Waals surface area contributed by atoms with Crippen LogP contribution in [0.5, 0.6) is 0 Å². The molecule has 0 saturated carbocycles. The number of carbonyl (C=O) groups excluding carboxylic acids is 2. The predicted octanol–water partition coefficient (Wildman–Crippen LogP) is 3.51. The third-order valence-electron chi connectivity index (χ3n) is 6.00. The standard InChI is InChI=1S/C20H18Cl2N4O3/c21-11-23-17(27)25-13-29-14-26-18(28)24(12-22)19(23,15-7-3-1-4-8-15)20(25,26)16-9-5-2-6-10-16/h1-10H,11-14H2. The molecule has 2 aromatic carbocycles. The molecule has 0 aromatic heterocycles. The summed E-state index contributed by atoms with van der Waals surface area (Å²) in [5.74, 6) is 0. The van der Waals surface area contributed by atoms with Crippen molar-refractivity contribution in [2.45, 2.75) is 11.3 Å². The Morgan fingerprint density at radius 1 is 0.724 bits per heavy atom. The molecule has 9 heteroatoms. The summed E-state index contributed by atoms with van der Waals surface area (Å²) in [7, 11) is 0. The first-order chi connectivity index (χ1) is 14.2. The Hall–Kier alpha value is -2.48. The second kappa shape index (κ2) is 6.52. The average Bonchev–Trinajstić information content (AvgIpc) is 3.15. The lowest BCUT2D eigenvalue weighted by atomic mass is 9.80. The van der Waals surface area contributed by atoms with Gasteiger partial charge < -0.3 is 4.74 Å². The summed E-state index contributed by atoms with van der Waals surface area (Å²) in [6.45, 7) is 0.0746. The van der Waals surface area contributed by atoms with E-state index in [2.05, 4.69) is 0 Å². The van der Waals surface area contributed by atoms with Crippen molar-refractivity contribution in [3.8, 4) is 0 Å². The number of halogens is 2. The van der Waals surface area contributed by atoms with Gasteiger partial charge in [0, 0.05) is 11.1 Å². The molecule has 0 N–H and O–H groups in total. The van der Waals surface area contributed by atoms with Crippen molar-refractivity contribution in [2.75, 3.05) is 25.5 Å². The number of alkyl halides is 2. The Labute approximate surface area is 177 Å². The molecule has 0 atom stereocenters. The van der Waals surface area contributed by atoms with Crippen LogP contribution in [-0.2, 0) is 16.1 Å². The van der Waals surface area contributed by atoms with Gasteiger partial charge in [-0.05, 0) is 0 Å². The Kier molecular flexibility index (Phi) is 4.17. The Bertz CT molecular complexity index is 927. The van der Waals surface area contributed by atoms with Crippen LogP contribution in [0.3, 0.4) is 0 Å². The number of hydrogen-bond acceptors (Lipinski definition) is 3. The van der Waals surface area contributed by atoms with Crippen LogP contribution in [0.2, 0.25) is 0 Å². The summed E-state index contributed by atoms with van der Waals surface area (Å²) in [6, 6.07) is 18.1. The Balaban J connectivity index is 1.95. The zero-order valence-electron chi connectivity index (χ0n) is 15.4. The van der Waals surface area contributed by atoms with Gasteiger partial charge in [0.25, 0.3) is 0 Å². The van der Waals surface area contributed by atoms with E-state index in [4.69, 9.17) is 27.9 Å². The number of ether oxygens (including phenoxy) is 1. The van der Waals surface area contributed by atoms with E-state index in [9.17, 15) is 9.59 Å². The van der Waals surface area contributed by atoms with Crippen molar-refractivity contribution in [2.24, 2.45) is 0 Å². The summed E-state index contributed by atoms with van der Waals surface area (Å²) in [4.78, 5) is 33.3. The summed E-state index contributed by atoms with van der Waals surface area (Å²) < 4.78 is 5.64.